The van der Waals surface area contributed by atoms with Gasteiger partial charge in [0.15, 0.2) is 0 Å². The second-order valence-electron chi connectivity index (χ2n) is 3.40. The van der Waals surface area contributed by atoms with Crippen LogP contribution in [-0.2, 0) is 10.0 Å². The average molecular weight is 266 g/mol. The molecule has 1 N–H and O–H groups in total. The van der Waals surface area contributed by atoms with Gasteiger partial charge in [0.2, 0.25) is 10.0 Å². The van der Waals surface area contributed by atoms with E-state index in [1.165, 1.54) is 18.2 Å². The molecule has 0 fully saturated rings. The highest BCUT2D eigenvalue weighted by atomic mass is 35.5. The summed E-state index contributed by atoms with van der Waals surface area (Å²) in [6, 6.07) is 5.25. The number of nitrogens with one attached hydrogen (secondary N) is 1. The van der Waals surface area contributed by atoms with Gasteiger partial charge in [-0.2, -0.15) is 0 Å². The molecule has 0 aromatic heterocycles. The summed E-state index contributed by atoms with van der Waals surface area (Å²) in [6.45, 7) is 1.96. The Hall–Kier alpha value is -0.650. The molecular formula is C10H13ClFNO2S. The van der Waals surface area contributed by atoms with E-state index in [2.05, 4.69) is 4.72 Å². The molecule has 1 aromatic rings. The summed E-state index contributed by atoms with van der Waals surface area (Å²) in [6.07, 6.45) is 0.495. The molecule has 1 rings (SSSR count). The van der Waals surface area contributed by atoms with Crippen LogP contribution in [0, 0.1) is 5.82 Å². The third kappa shape index (κ3) is 3.73. The second kappa shape index (κ2) is 5.61. The predicted molar refractivity (Wildman–Crippen MR) is 61.5 cm³/mol. The Morgan fingerprint density at radius 2 is 2.06 bits per heavy atom. The molecule has 90 valence electrons. The smallest absolute Gasteiger partial charge is 0.211 e. The molecule has 6 heteroatoms. The van der Waals surface area contributed by atoms with Crippen molar-refractivity contribution in [2.24, 2.45) is 0 Å². The Labute approximate surface area is 99.7 Å². The molecule has 0 amide bonds. The molecule has 0 aliphatic rings. The molecule has 0 saturated carbocycles. The van der Waals surface area contributed by atoms with Crippen LogP contribution in [0.3, 0.4) is 0 Å². The topological polar surface area (TPSA) is 46.2 Å². The Kier molecular flexibility index (Phi) is 4.70. The summed E-state index contributed by atoms with van der Waals surface area (Å²) >= 11 is 5.68. The van der Waals surface area contributed by atoms with Gasteiger partial charge in [0.25, 0.3) is 0 Å². The fraction of sp³-hybridized carbons (Fsp3) is 0.400. The normalized spacial score (nSPS) is 13.7. The first-order valence-electron chi connectivity index (χ1n) is 4.82. The third-order valence-electron chi connectivity index (χ3n) is 1.96. The van der Waals surface area contributed by atoms with Crippen LogP contribution < -0.4 is 4.72 Å². The summed E-state index contributed by atoms with van der Waals surface area (Å²) < 4.78 is 38.8. The minimum atomic E-state index is -3.77. The van der Waals surface area contributed by atoms with Gasteiger partial charge in [-0.15, -0.1) is 11.6 Å². The molecule has 1 unspecified atom stereocenters. The van der Waals surface area contributed by atoms with E-state index in [4.69, 9.17) is 11.6 Å². The lowest BCUT2D eigenvalue weighted by molar-refractivity contribution is 0.555. The predicted octanol–water partition coefficient (Wildman–Crippen LogP) is 2.12. The maximum absolute atomic E-state index is 13.2. The Bertz CT molecular complexity index is 448. The number of benzene rings is 1. The van der Waals surface area contributed by atoms with E-state index in [9.17, 15) is 12.8 Å². The van der Waals surface area contributed by atoms with Crippen LogP contribution in [0.4, 0.5) is 4.39 Å². The lowest BCUT2D eigenvalue weighted by Gasteiger charge is -2.07. The quantitative estimate of drug-likeness (QED) is 0.829. The van der Waals surface area contributed by atoms with Crippen molar-refractivity contribution in [3.63, 3.8) is 0 Å². The van der Waals surface area contributed by atoms with Gasteiger partial charge >= 0.3 is 0 Å². The molecular weight excluding hydrogens is 253 g/mol. The summed E-state index contributed by atoms with van der Waals surface area (Å²) in [5.74, 6) is -0.756. The standard InChI is InChI=1S/C10H13ClFNO2S/c1-8(11)6-7-13-16(14,15)10-5-3-2-4-9(10)12/h2-5,8,13H,6-7H2,1H3. The van der Waals surface area contributed by atoms with E-state index in [1.807, 2.05) is 0 Å². The van der Waals surface area contributed by atoms with Gasteiger partial charge in [-0.1, -0.05) is 12.1 Å². The van der Waals surface area contributed by atoms with Crippen LogP contribution in [0.1, 0.15) is 13.3 Å². The lowest BCUT2D eigenvalue weighted by Crippen LogP contribution is -2.26. The van der Waals surface area contributed by atoms with Gasteiger partial charge in [0.05, 0.1) is 0 Å². The summed E-state index contributed by atoms with van der Waals surface area (Å²) in [5.41, 5.74) is 0. The van der Waals surface area contributed by atoms with Crippen molar-refractivity contribution in [1.82, 2.24) is 4.72 Å². The second-order valence-corrected chi connectivity index (χ2v) is 5.88. The molecule has 16 heavy (non-hydrogen) atoms. The maximum atomic E-state index is 13.2. The molecule has 0 aliphatic heterocycles. The van der Waals surface area contributed by atoms with Gasteiger partial charge in [-0.3, -0.25) is 0 Å². The summed E-state index contributed by atoms with van der Waals surface area (Å²) in [5, 5.41) is -0.122. The molecule has 0 radical (unpaired) electrons. The fourth-order valence-corrected chi connectivity index (χ4v) is 2.37. The van der Waals surface area contributed by atoms with Crippen LogP contribution >= 0.6 is 11.6 Å². The van der Waals surface area contributed by atoms with E-state index in [-0.39, 0.29) is 16.8 Å². The first-order chi connectivity index (χ1) is 7.43. The molecule has 0 spiro atoms. The Balaban J connectivity index is 2.75. The zero-order chi connectivity index (χ0) is 12.2. The minimum absolute atomic E-state index is 0.122. The van der Waals surface area contributed by atoms with Crippen molar-refractivity contribution in [3.05, 3.63) is 30.1 Å². The summed E-state index contributed by atoms with van der Waals surface area (Å²) in [4.78, 5) is -0.336. The molecule has 0 heterocycles. The van der Waals surface area contributed by atoms with Crippen molar-refractivity contribution in [2.75, 3.05) is 6.54 Å². The van der Waals surface area contributed by atoms with Crippen LogP contribution in [0.2, 0.25) is 0 Å². The van der Waals surface area contributed by atoms with Crippen molar-refractivity contribution in [1.29, 1.82) is 0 Å². The van der Waals surface area contributed by atoms with Crippen molar-refractivity contribution < 1.29 is 12.8 Å². The van der Waals surface area contributed by atoms with E-state index in [0.717, 1.165) is 6.07 Å². The first kappa shape index (κ1) is 13.4. The molecule has 0 bridgehead atoms. The SMILES string of the molecule is CC(Cl)CCNS(=O)(=O)c1ccccc1F. The number of halogens is 2. The van der Waals surface area contributed by atoms with E-state index in [1.54, 1.807) is 6.92 Å². The van der Waals surface area contributed by atoms with Crippen LogP contribution in [0.15, 0.2) is 29.2 Å². The highest BCUT2D eigenvalue weighted by Crippen LogP contribution is 2.13. The monoisotopic (exact) mass is 265 g/mol. The van der Waals surface area contributed by atoms with E-state index in [0.29, 0.717) is 6.42 Å². The zero-order valence-electron chi connectivity index (χ0n) is 8.78. The van der Waals surface area contributed by atoms with Crippen molar-refractivity contribution >= 4 is 21.6 Å². The van der Waals surface area contributed by atoms with Gasteiger partial charge in [-0.05, 0) is 25.5 Å². The molecule has 1 atom stereocenters. The first-order valence-corrected chi connectivity index (χ1v) is 6.73. The van der Waals surface area contributed by atoms with Gasteiger partial charge in [0.1, 0.15) is 10.7 Å². The molecule has 0 aliphatic carbocycles. The fourth-order valence-electron chi connectivity index (χ4n) is 1.13. The van der Waals surface area contributed by atoms with E-state index >= 15 is 0 Å². The lowest BCUT2D eigenvalue weighted by atomic mass is 10.3. The Morgan fingerprint density at radius 3 is 2.62 bits per heavy atom. The summed E-state index contributed by atoms with van der Waals surface area (Å²) in [7, 11) is -3.77. The molecule has 3 nitrogen and oxygen atoms in total. The highest BCUT2D eigenvalue weighted by Gasteiger charge is 2.17. The Morgan fingerprint density at radius 1 is 1.44 bits per heavy atom. The van der Waals surface area contributed by atoms with Gasteiger partial charge in [-0.25, -0.2) is 17.5 Å². The average Bonchev–Trinajstić information content (AvgIpc) is 2.17. The number of rotatable bonds is 5. The number of sulfonamides is 1. The van der Waals surface area contributed by atoms with Crippen molar-refractivity contribution in [2.45, 2.75) is 23.6 Å². The van der Waals surface area contributed by atoms with Crippen LogP contribution in [-0.4, -0.2) is 20.3 Å². The number of hydrogen-bond acceptors (Lipinski definition) is 2. The largest absolute Gasteiger partial charge is 0.243 e. The van der Waals surface area contributed by atoms with Gasteiger partial charge in [0, 0.05) is 11.9 Å². The van der Waals surface area contributed by atoms with Crippen molar-refractivity contribution in [3.8, 4) is 0 Å². The zero-order valence-corrected chi connectivity index (χ0v) is 10.4. The van der Waals surface area contributed by atoms with Gasteiger partial charge < -0.3 is 0 Å². The molecule has 0 saturated heterocycles. The maximum Gasteiger partial charge on any atom is 0.243 e. The minimum Gasteiger partial charge on any atom is -0.211 e. The van der Waals surface area contributed by atoms with E-state index < -0.39 is 15.8 Å². The van der Waals surface area contributed by atoms with Crippen LogP contribution in [0.25, 0.3) is 0 Å². The van der Waals surface area contributed by atoms with Crippen LogP contribution in [0.5, 0.6) is 0 Å². The number of alkyl halides is 1. The highest BCUT2D eigenvalue weighted by molar-refractivity contribution is 7.89. The number of hydrogen-bond donors (Lipinski definition) is 1. The third-order valence-corrected chi connectivity index (χ3v) is 3.67. The molecule has 1 aromatic carbocycles.